The van der Waals surface area contributed by atoms with Gasteiger partial charge in [0, 0.05) is 16.9 Å². The molecule has 1 saturated carbocycles. The Balaban J connectivity index is 1.75. The Morgan fingerprint density at radius 3 is 2.89 bits per heavy atom. The number of nitrogens with one attached hydrogen (secondary N) is 1. The molecule has 0 aromatic carbocycles. The van der Waals surface area contributed by atoms with Crippen molar-refractivity contribution < 1.29 is 5.11 Å². The van der Waals surface area contributed by atoms with E-state index in [-0.39, 0.29) is 18.2 Å². The lowest BCUT2D eigenvalue weighted by atomic mass is 9.83. The average Bonchev–Trinajstić information content (AvgIpc) is 2.74. The zero-order valence-corrected chi connectivity index (χ0v) is 12.1. The van der Waals surface area contributed by atoms with Crippen LogP contribution in [0.3, 0.4) is 0 Å². The normalized spacial score (nSPS) is 25.9. The van der Waals surface area contributed by atoms with Gasteiger partial charge in [0.2, 0.25) is 0 Å². The highest BCUT2D eigenvalue weighted by Crippen LogP contribution is 2.35. The number of hydrogen-bond acceptors (Lipinski definition) is 4. The third-order valence-corrected chi connectivity index (χ3v) is 3.83. The third kappa shape index (κ3) is 2.50. The van der Waals surface area contributed by atoms with Crippen LogP contribution in [0, 0.1) is 6.92 Å². The minimum atomic E-state index is -0.350. The molecule has 3 rings (SSSR count). The van der Waals surface area contributed by atoms with Crippen LogP contribution in [0.1, 0.15) is 18.0 Å². The van der Waals surface area contributed by atoms with Crippen molar-refractivity contribution >= 4 is 21.6 Å². The first kappa shape index (κ1) is 12.6. The Morgan fingerprint density at radius 2 is 2.26 bits per heavy atom. The van der Waals surface area contributed by atoms with Gasteiger partial charge < -0.3 is 10.4 Å². The Bertz CT molecular complexity index is 586. The van der Waals surface area contributed by atoms with Crippen LogP contribution in [-0.2, 0) is 0 Å². The zero-order chi connectivity index (χ0) is 13.4. The van der Waals surface area contributed by atoms with Crippen molar-refractivity contribution in [2.45, 2.75) is 31.5 Å². The summed E-state index contributed by atoms with van der Waals surface area (Å²) in [7, 11) is 0. The first-order valence-corrected chi connectivity index (χ1v) is 6.99. The average molecular weight is 323 g/mol. The predicted molar refractivity (Wildman–Crippen MR) is 76.0 cm³/mol. The van der Waals surface area contributed by atoms with E-state index in [4.69, 9.17) is 0 Å². The summed E-state index contributed by atoms with van der Waals surface area (Å²) in [6.45, 7) is 2.00. The molecular weight excluding hydrogens is 308 g/mol. The van der Waals surface area contributed by atoms with Crippen molar-refractivity contribution in [3.05, 3.63) is 40.9 Å². The summed E-state index contributed by atoms with van der Waals surface area (Å²) in [5, 5.41) is 17.6. The lowest BCUT2D eigenvalue weighted by Gasteiger charge is -2.42. The van der Waals surface area contributed by atoms with E-state index in [1.807, 2.05) is 30.1 Å². The van der Waals surface area contributed by atoms with Gasteiger partial charge >= 0.3 is 0 Å². The van der Waals surface area contributed by atoms with Crippen LogP contribution in [-0.4, -0.2) is 32.0 Å². The maximum atomic E-state index is 9.95. The maximum Gasteiger partial charge on any atom is 0.0980 e. The van der Waals surface area contributed by atoms with E-state index in [1.54, 1.807) is 12.4 Å². The Labute approximate surface area is 119 Å². The first-order valence-electron chi connectivity index (χ1n) is 6.19. The summed E-state index contributed by atoms with van der Waals surface area (Å²) in [6, 6.07) is 2.13. The molecule has 0 bridgehead atoms. The standard InChI is InChI=1S/C13H15BrN4O/c1-8-4-16-18(7-8)13-11(3-12(13)19)17-10-2-9(14)5-15-6-10/h2,4-7,11-13,17,19H,3H2,1H3/t11-,12+,13+/m0/s1. The van der Waals surface area contributed by atoms with Gasteiger partial charge in [-0.05, 0) is 40.9 Å². The second kappa shape index (κ2) is 4.94. The van der Waals surface area contributed by atoms with Crippen LogP contribution >= 0.6 is 15.9 Å². The zero-order valence-electron chi connectivity index (χ0n) is 10.5. The Hall–Kier alpha value is -1.40. The van der Waals surface area contributed by atoms with Crippen LogP contribution in [0.4, 0.5) is 5.69 Å². The van der Waals surface area contributed by atoms with Crippen LogP contribution < -0.4 is 5.32 Å². The predicted octanol–water partition coefficient (Wildman–Crippen LogP) is 2.14. The largest absolute Gasteiger partial charge is 0.391 e. The molecule has 0 aliphatic heterocycles. The molecule has 0 saturated heterocycles. The third-order valence-electron chi connectivity index (χ3n) is 3.39. The van der Waals surface area contributed by atoms with E-state index in [1.165, 1.54) is 0 Å². The Kier molecular flexibility index (Phi) is 3.28. The first-order chi connectivity index (χ1) is 9.13. The minimum absolute atomic E-state index is 0.0207. The van der Waals surface area contributed by atoms with Gasteiger partial charge in [0.05, 0.1) is 36.3 Å². The number of hydrogen-bond donors (Lipinski definition) is 2. The van der Waals surface area contributed by atoms with E-state index in [9.17, 15) is 5.11 Å². The molecule has 3 atom stereocenters. The van der Waals surface area contributed by atoms with E-state index < -0.39 is 0 Å². The van der Waals surface area contributed by atoms with E-state index >= 15 is 0 Å². The molecule has 0 unspecified atom stereocenters. The topological polar surface area (TPSA) is 63.0 Å². The molecule has 2 aromatic heterocycles. The summed E-state index contributed by atoms with van der Waals surface area (Å²) in [5.74, 6) is 0. The van der Waals surface area contributed by atoms with Crippen LogP contribution in [0.15, 0.2) is 35.3 Å². The molecule has 2 aromatic rings. The molecule has 5 nitrogen and oxygen atoms in total. The number of pyridine rings is 1. The fourth-order valence-electron chi connectivity index (χ4n) is 2.42. The summed E-state index contributed by atoms with van der Waals surface area (Å²) in [6.07, 6.45) is 7.66. The number of aliphatic hydroxyl groups excluding tert-OH is 1. The van der Waals surface area contributed by atoms with Crippen molar-refractivity contribution in [1.29, 1.82) is 0 Å². The highest BCUT2D eigenvalue weighted by molar-refractivity contribution is 9.10. The molecule has 19 heavy (non-hydrogen) atoms. The lowest BCUT2D eigenvalue weighted by Crippen LogP contribution is -2.51. The van der Waals surface area contributed by atoms with Crippen molar-refractivity contribution in [2.24, 2.45) is 0 Å². The molecule has 0 radical (unpaired) electrons. The maximum absolute atomic E-state index is 9.95. The van der Waals surface area contributed by atoms with Crippen molar-refractivity contribution in [2.75, 3.05) is 5.32 Å². The smallest absolute Gasteiger partial charge is 0.0980 e. The van der Waals surface area contributed by atoms with Crippen LogP contribution in [0.2, 0.25) is 0 Å². The number of nitrogens with zero attached hydrogens (tertiary/aromatic N) is 3. The molecule has 2 N–H and O–H groups in total. The fraction of sp³-hybridized carbons (Fsp3) is 0.385. The molecular formula is C13H15BrN4O. The number of aromatic nitrogens is 3. The van der Waals surface area contributed by atoms with E-state index in [0.29, 0.717) is 0 Å². The van der Waals surface area contributed by atoms with Crippen molar-refractivity contribution in [3.8, 4) is 0 Å². The summed E-state index contributed by atoms with van der Waals surface area (Å²) < 4.78 is 2.77. The number of anilines is 1. The summed E-state index contributed by atoms with van der Waals surface area (Å²) in [5.41, 5.74) is 2.04. The molecule has 100 valence electrons. The Morgan fingerprint density at radius 1 is 1.42 bits per heavy atom. The molecule has 0 amide bonds. The minimum Gasteiger partial charge on any atom is -0.391 e. The molecule has 0 spiro atoms. The summed E-state index contributed by atoms with van der Waals surface area (Å²) in [4.78, 5) is 4.12. The van der Waals surface area contributed by atoms with Gasteiger partial charge in [-0.25, -0.2) is 0 Å². The molecule has 1 aliphatic rings. The number of aliphatic hydroxyl groups is 1. The second-order valence-corrected chi connectivity index (χ2v) is 5.85. The van der Waals surface area contributed by atoms with Gasteiger partial charge in [0.15, 0.2) is 0 Å². The highest BCUT2D eigenvalue weighted by Gasteiger charge is 2.41. The number of aryl methyl sites for hydroxylation is 1. The lowest BCUT2D eigenvalue weighted by molar-refractivity contribution is 0.0134. The van der Waals surface area contributed by atoms with Gasteiger partial charge in [-0.1, -0.05) is 0 Å². The van der Waals surface area contributed by atoms with Gasteiger partial charge in [0.25, 0.3) is 0 Å². The highest BCUT2D eigenvalue weighted by atomic mass is 79.9. The van der Waals surface area contributed by atoms with Gasteiger partial charge in [0.1, 0.15) is 0 Å². The van der Waals surface area contributed by atoms with Gasteiger partial charge in [-0.3, -0.25) is 9.67 Å². The SMILES string of the molecule is Cc1cnn([C@H]2[C@H](O)C[C@@H]2Nc2cncc(Br)c2)c1. The molecule has 1 fully saturated rings. The number of halogens is 1. The van der Waals surface area contributed by atoms with Gasteiger partial charge in [-0.2, -0.15) is 5.10 Å². The monoisotopic (exact) mass is 322 g/mol. The molecule has 2 heterocycles. The quantitative estimate of drug-likeness (QED) is 0.908. The van der Waals surface area contributed by atoms with Crippen molar-refractivity contribution in [3.63, 3.8) is 0 Å². The van der Waals surface area contributed by atoms with E-state index in [0.717, 1.165) is 22.1 Å². The van der Waals surface area contributed by atoms with Crippen LogP contribution in [0.25, 0.3) is 0 Å². The van der Waals surface area contributed by atoms with E-state index in [2.05, 4.69) is 31.3 Å². The second-order valence-electron chi connectivity index (χ2n) is 4.93. The summed E-state index contributed by atoms with van der Waals surface area (Å²) >= 11 is 3.40. The number of rotatable bonds is 3. The fourth-order valence-corrected chi connectivity index (χ4v) is 2.78. The molecule has 1 aliphatic carbocycles. The molecule has 6 heteroatoms. The van der Waals surface area contributed by atoms with Crippen molar-refractivity contribution in [1.82, 2.24) is 14.8 Å². The van der Waals surface area contributed by atoms with Crippen LogP contribution in [0.5, 0.6) is 0 Å². The van der Waals surface area contributed by atoms with Gasteiger partial charge in [-0.15, -0.1) is 0 Å².